The number of halogens is 4. The number of aliphatic hydroxyl groups is 1. The molecule has 0 aromatic heterocycles. The Kier molecular flexibility index (Phi) is 4.00. The van der Waals surface area contributed by atoms with Crippen molar-refractivity contribution in [3.63, 3.8) is 0 Å². The lowest BCUT2D eigenvalue weighted by Gasteiger charge is -2.12. The lowest BCUT2D eigenvalue weighted by molar-refractivity contribution is 0.219. The Morgan fingerprint density at radius 2 is 1.61 bits per heavy atom. The molecule has 1 nitrogen and oxygen atoms in total. The van der Waals surface area contributed by atoms with Crippen molar-refractivity contribution in [2.24, 2.45) is 0 Å². The standard InChI is InChI=1S/C13H8BrClF2O/c14-9-5-7(1-3-10(9)15)13(18)8-2-4-11(16)12(17)6-8/h1-6,13,18H. The van der Waals surface area contributed by atoms with E-state index in [9.17, 15) is 13.9 Å². The average Bonchev–Trinajstić information content (AvgIpc) is 2.35. The van der Waals surface area contributed by atoms with Gasteiger partial charge in [-0.3, -0.25) is 0 Å². The van der Waals surface area contributed by atoms with E-state index in [0.29, 0.717) is 15.1 Å². The van der Waals surface area contributed by atoms with Gasteiger partial charge in [-0.2, -0.15) is 0 Å². The summed E-state index contributed by atoms with van der Waals surface area (Å²) in [6.45, 7) is 0. The van der Waals surface area contributed by atoms with E-state index in [2.05, 4.69) is 15.9 Å². The van der Waals surface area contributed by atoms with E-state index in [0.717, 1.165) is 12.1 Å². The zero-order valence-electron chi connectivity index (χ0n) is 9.00. The van der Waals surface area contributed by atoms with E-state index in [4.69, 9.17) is 11.6 Å². The normalized spacial score (nSPS) is 12.5. The molecule has 0 aliphatic rings. The lowest BCUT2D eigenvalue weighted by Crippen LogP contribution is -2.01. The number of benzene rings is 2. The van der Waals surface area contributed by atoms with Crippen LogP contribution in [0.4, 0.5) is 8.78 Å². The van der Waals surface area contributed by atoms with Crippen LogP contribution in [0.25, 0.3) is 0 Å². The number of rotatable bonds is 2. The summed E-state index contributed by atoms with van der Waals surface area (Å²) in [5, 5.41) is 10.6. The van der Waals surface area contributed by atoms with Crippen LogP contribution in [0.15, 0.2) is 40.9 Å². The molecule has 0 radical (unpaired) electrons. The number of aliphatic hydroxyl groups excluding tert-OH is 1. The van der Waals surface area contributed by atoms with Crippen molar-refractivity contribution in [3.8, 4) is 0 Å². The topological polar surface area (TPSA) is 20.2 Å². The zero-order chi connectivity index (χ0) is 13.3. The molecular weight excluding hydrogens is 325 g/mol. The first-order valence-electron chi connectivity index (χ1n) is 5.07. The van der Waals surface area contributed by atoms with Crippen molar-refractivity contribution in [1.29, 1.82) is 0 Å². The van der Waals surface area contributed by atoms with Crippen LogP contribution in [0.3, 0.4) is 0 Å². The minimum Gasteiger partial charge on any atom is -0.384 e. The molecule has 1 unspecified atom stereocenters. The van der Waals surface area contributed by atoms with Gasteiger partial charge in [0.25, 0.3) is 0 Å². The van der Waals surface area contributed by atoms with Gasteiger partial charge in [-0.15, -0.1) is 0 Å². The monoisotopic (exact) mass is 332 g/mol. The van der Waals surface area contributed by atoms with Gasteiger partial charge >= 0.3 is 0 Å². The molecule has 2 aromatic rings. The highest BCUT2D eigenvalue weighted by Crippen LogP contribution is 2.29. The summed E-state index contributed by atoms with van der Waals surface area (Å²) in [4.78, 5) is 0. The first-order chi connectivity index (χ1) is 8.49. The third kappa shape index (κ3) is 2.71. The molecule has 0 heterocycles. The second kappa shape index (κ2) is 5.34. The van der Waals surface area contributed by atoms with Gasteiger partial charge in [0.1, 0.15) is 6.10 Å². The Hall–Kier alpha value is -0.970. The molecule has 2 aromatic carbocycles. The second-order valence-corrected chi connectivity index (χ2v) is 5.01. The maximum absolute atomic E-state index is 13.1. The van der Waals surface area contributed by atoms with Crippen molar-refractivity contribution in [2.75, 3.05) is 0 Å². The quantitative estimate of drug-likeness (QED) is 0.860. The van der Waals surface area contributed by atoms with E-state index in [1.807, 2.05) is 0 Å². The average molecular weight is 334 g/mol. The molecule has 0 amide bonds. The Morgan fingerprint density at radius 1 is 1.00 bits per heavy atom. The molecule has 0 bridgehead atoms. The lowest BCUT2D eigenvalue weighted by atomic mass is 10.0. The van der Waals surface area contributed by atoms with Crippen LogP contribution in [-0.4, -0.2) is 5.11 Å². The molecule has 94 valence electrons. The zero-order valence-corrected chi connectivity index (χ0v) is 11.3. The SMILES string of the molecule is OC(c1ccc(F)c(F)c1)c1ccc(Cl)c(Br)c1. The summed E-state index contributed by atoms with van der Waals surface area (Å²) < 4.78 is 26.5. The van der Waals surface area contributed by atoms with Crippen molar-refractivity contribution in [2.45, 2.75) is 6.10 Å². The largest absolute Gasteiger partial charge is 0.384 e. The Morgan fingerprint density at radius 3 is 2.22 bits per heavy atom. The molecular formula is C13H8BrClF2O. The van der Waals surface area contributed by atoms with Crippen molar-refractivity contribution < 1.29 is 13.9 Å². The first kappa shape index (κ1) is 13.5. The van der Waals surface area contributed by atoms with E-state index in [-0.39, 0.29) is 5.56 Å². The van der Waals surface area contributed by atoms with Gasteiger partial charge in [0.05, 0.1) is 5.02 Å². The van der Waals surface area contributed by atoms with Crippen LogP contribution in [0, 0.1) is 11.6 Å². The minimum absolute atomic E-state index is 0.281. The summed E-state index contributed by atoms with van der Waals surface area (Å²) >= 11 is 9.08. The molecule has 1 atom stereocenters. The van der Waals surface area contributed by atoms with Crippen LogP contribution >= 0.6 is 27.5 Å². The maximum Gasteiger partial charge on any atom is 0.159 e. The van der Waals surface area contributed by atoms with Crippen LogP contribution < -0.4 is 0 Å². The van der Waals surface area contributed by atoms with Crippen LogP contribution in [0.2, 0.25) is 5.02 Å². The van der Waals surface area contributed by atoms with Gasteiger partial charge in [-0.1, -0.05) is 23.7 Å². The molecule has 5 heteroatoms. The first-order valence-corrected chi connectivity index (χ1v) is 6.24. The summed E-state index contributed by atoms with van der Waals surface area (Å²) in [5.74, 6) is -1.93. The van der Waals surface area contributed by atoms with Gasteiger partial charge in [-0.25, -0.2) is 8.78 Å². The smallest absolute Gasteiger partial charge is 0.159 e. The third-order valence-electron chi connectivity index (χ3n) is 2.52. The molecule has 18 heavy (non-hydrogen) atoms. The molecule has 0 saturated carbocycles. The molecule has 0 fully saturated rings. The summed E-state index contributed by atoms with van der Waals surface area (Å²) in [5.41, 5.74) is 0.820. The van der Waals surface area contributed by atoms with Gasteiger partial charge in [0, 0.05) is 4.47 Å². The summed E-state index contributed by atoms with van der Waals surface area (Å²) in [6.07, 6.45) is -1.03. The van der Waals surface area contributed by atoms with E-state index in [1.165, 1.54) is 6.07 Å². The Labute approximate surface area is 116 Å². The fourth-order valence-corrected chi connectivity index (χ4v) is 2.07. The highest BCUT2D eigenvalue weighted by Gasteiger charge is 2.14. The van der Waals surface area contributed by atoms with Crippen molar-refractivity contribution in [3.05, 3.63) is 68.7 Å². The van der Waals surface area contributed by atoms with Gasteiger partial charge in [-0.05, 0) is 51.3 Å². The van der Waals surface area contributed by atoms with Crippen molar-refractivity contribution in [1.82, 2.24) is 0 Å². The minimum atomic E-state index is -1.03. The Bertz CT molecular complexity index is 538. The highest BCUT2D eigenvalue weighted by molar-refractivity contribution is 9.10. The number of hydrogen-bond acceptors (Lipinski definition) is 1. The van der Waals surface area contributed by atoms with Gasteiger partial charge < -0.3 is 5.11 Å². The second-order valence-electron chi connectivity index (χ2n) is 3.75. The van der Waals surface area contributed by atoms with Crippen LogP contribution in [0.1, 0.15) is 17.2 Å². The fourth-order valence-electron chi connectivity index (χ4n) is 1.56. The van der Waals surface area contributed by atoms with E-state index in [1.54, 1.807) is 18.2 Å². The van der Waals surface area contributed by atoms with Crippen LogP contribution in [0.5, 0.6) is 0 Å². The predicted octanol–water partition coefficient (Wildman–Crippen LogP) is 4.46. The van der Waals surface area contributed by atoms with Crippen LogP contribution in [-0.2, 0) is 0 Å². The Balaban J connectivity index is 2.37. The molecule has 0 saturated heterocycles. The number of hydrogen-bond donors (Lipinski definition) is 1. The van der Waals surface area contributed by atoms with Gasteiger partial charge in [0.15, 0.2) is 11.6 Å². The molecule has 1 N–H and O–H groups in total. The predicted molar refractivity (Wildman–Crippen MR) is 69.6 cm³/mol. The van der Waals surface area contributed by atoms with Crippen molar-refractivity contribution >= 4 is 27.5 Å². The summed E-state index contributed by atoms with van der Waals surface area (Å²) in [6, 6.07) is 8.17. The fraction of sp³-hybridized carbons (Fsp3) is 0.0769. The van der Waals surface area contributed by atoms with Gasteiger partial charge in [0.2, 0.25) is 0 Å². The molecule has 0 spiro atoms. The van der Waals surface area contributed by atoms with E-state index >= 15 is 0 Å². The van der Waals surface area contributed by atoms with E-state index < -0.39 is 17.7 Å². The third-order valence-corrected chi connectivity index (χ3v) is 3.73. The highest BCUT2D eigenvalue weighted by atomic mass is 79.9. The summed E-state index contributed by atoms with van der Waals surface area (Å²) in [7, 11) is 0. The molecule has 0 aliphatic carbocycles. The molecule has 2 rings (SSSR count). The maximum atomic E-state index is 13.1. The molecule has 0 aliphatic heterocycles.